The Morgan fingerprint density at radius 3 is 2.56 bits per heavy atom. The maximum atomic E-state index is 11.5. The van der Waals surface area contributed by atoms with Crippen LogP contribution in [0.25, 0.3) is 0 Å². The van der Waals surface area contributed by atoms with Crippen LogP contribution in [0.15, 0.2) is 0 Å². The van der Waals surface area contributed by atoms with Gasteiger partial charge in [-0.1, -0.05) is 0 Å². The zero-order chi connectivity index (χ0) is 13.2. The number of carbonyl (C=O) groups excluding carboxylic acids is 1. The third-order valence-corrected chi connectivity index (χ3v) is 2.76. The molecule has 0 aromatic rings. The van der Waals surface area contributed by atoms with E-state index in [-0.39, 0.29) is 11.8 Å². The van der Waals surface area contributed by atoms with Gasteiger partial charge in [0.1, 0.15) is 0 Å². The molecule has 0 radical (unpaired) electrons. The lowest BCUT2D eigenvalue weighted by Crippen LogP contribution is -2.29. The molecule has 1 atom stereocenters. The van der Waals surface area contributed by atoms with Crippen molar-refractivity contribution in [3.8, 4) is 12.3 Å². The van der Waals surface area contributed by atoms with Crippen molar-refractivity contribution in [1.82, 2.24) is 4.90 Å². The maximum absolute atomic E-state index is 11.5. The first-order chi connectivity index (χ1) is 8.77. The van der Waals surface area contributed by atoms with Gasteiger partial charge in [-0.25, -0.2) is 0 Å². The Morgan fingerprint density at radius 2 is 1.94 bits per heavy atom. The fourth-order valence-electron chi connectivity index (χ4n) is 1.74. The lowest BCUT2D eigenvalue weighted by molar-refractivity contribution is -0.128. The van der Waals surface area contributed by atoms with Gasteiger partial charge >= 0.3 is 0 Å². The molecule has 0 aromatic carbocycles. The molecule has 1 amide bonds. The van der Waals surface area contributed by atoms with Crippen molar-refractivity contribution in [3.05, 3.63) is 0 Å². The number of hydrogen-bond acceptors (Lipinski definition) is 4. The minimum absolute atomic E-state index is 0.0647. The molecule has 1 aliphatic heterocycles. The second-order valence-electron chi connectivity index (χ2n) is 4.13. The summed E-state index contributed by atoms with van der Waals surface area (Å²) >= 11 is 0. The summed E-state index contributed by atoms with van der Waals surface area (Å²) in [7, 11) is 1.64. The van der Waals surface area contributed by atoms with Crippen LogP contribution in [0.4, 0.5) is 0 Å². The second-order valence-corrected chi connectivity index (χ2v) is 4.13. The minimum Gasteiger partial charge on any atom is -0.382 e. The summed E-state index contributed by atoms with van der Waals surface area (Å²) < 4.78 is 15.5. The van der Waals surface area contributed by atoms with Crippen LogP contribution in [-0.2, 0) is 19.0 Å². The van der Waals surface area contributed by atoms with Crippen LogP contribution in [0, 0.1) is 18.3 Å². The quantitative estimate of drug-likeness (QED) is 0.434. The molecular formula is C13H21NO4. The molecule has 102 valence electrons. The van der Waals surface area contributed by atoms with E-state index in [2.05, 4.69) is 5.92 Å². The molecule has 1 aliphatic rings. The van der Waals surface area contributed by atoms with Crippen LogP contribution < -0.4 is 0 Å². The summed E-state index contributed by atoms with van der Waals surface area (Å²) in [4.78, 5) is 13.3. The van der Waals surface area contributed by atoms with Crippen molar-refractivity contribution < 1.29 is 19.0 Å². The highest BCUT2D eigenvalue weighted by Crippen LogP contribution is 2.15. The third-order valence-electron chi connectivity index (χ3n) is 2.76. The minimum atomic E-state index is 0.0647. The summed E-state index contributed by atoms with van der Waals surface area (Å²) in [5.74, 6) is 2.81. The van der Waals surface area contributed by atoms with Gasteiger partial charge in [0, 0.05) is 32.5 Å². The third kappa shape index (κ3) is 5.50. The van der Waals surface area contributed by atoms with E-state index in [1.165, 1.54) is 0 Å². The number of nitrogens with zero attached hydrogens (tertiary/aromatic N) is 1. The number of terminal acetylenes is 1. The first-order valence-electron chi connectivity index (χ1n) is 6.16. The van der Waals surface area contributed by atoms with Gasteiger partial charge in [-0.3, -0.25) is 4.79 Å². The summed E-state index contributed by atoms with van der Waals surface area (Å²) in [6, 6.07) is 0. The van der Waals surface area contributed by atoms with Crippen LogP contribution in [0.1, 0.15) is 6.42 Å². The summed E-state index contributed by atoms with van der Waals surface area (Å²) in [5, 5.41) is 0. The van der Waals surface area contributed by atoms with Gasteiger partial charge in [0.05, 0.1) is 33.0 Å². The van der Waals surface area contributed by atoms with Gasteiger partial charge in [-0.2, -0.15) is 0 Å². The van der Waals surface area contributed by atoms with E-state index in [0.29, 0.717) is 52.5 Å². The molecule has 1 unspecified atom stereocenters. The predicted octanol–water partition coefficient (Wildman–Crippen LogP) is 0.148. The number of rotatable bonds is 9. The van der Waals surface area contributed by atoms with E-state index in [4.69, 9.17) is 20.6 Å². The van der Waals surface area contributed by atoms with Crippen molar-refractivity contribution in [2.24, 2.45) is 5.92 Å². The first-order valence-corrected chi connectivity index (χ1v) is 6.16. The van der Waals surface area contributed by atoms with E-state index < -0.39 is 0 Å². The number of methoxy groups -OCH3 is 1. The fourth-order valence-corrected chi connectivity index (χ4v) is 1.74. The number of amides is 1. The van der Waals surface area contributed by atoms with Crippen LogP contribution in [-0.4, -0.2) is 64.0 Å². The van der Waals surface area contributed by atoms with Crippen molar-refractivity contribution >= 4 is 5.91 Å². The monoisotopic (exact) mass is 255 g/mol. The number of likely N-dealkylation sites (tertiary alicyclic amines) is 1. The molecule has 5 heteroatoms. The number of carbonyl (C=O) groups is 1. The SMILES string of the molecule is C#CC1CC(=O)N(CCOCCOCCOC)C1. The van der Waals surface area contributed by atoms with Crippen molar-refractivity contribution in [1.29, 1.82) is 0 Å². The molecule has 18 heavy (non-hydrogen) atoms. The predicted molar refractivity (Wildman–Crippen MR) is 67.0 cm³/mol. The van der Waals surface area contributed by atoms with Gasteiger partial charge in [-0.15, -0.1) is 12.3 Å². The molecule has 1 rings (SSSR count). The van der Waals surface area contributed by atoms with E-state index in [0.717, 1.165) is 0 Å². The molecule has 0 bridgehead atoms. The van der Waals surface area contributed by atoms with E-state index in [1.807, 2.05) is 0 Å². The highest BCUT2D eigenvalue weighted by molar-refractivity contribution is 5.79. The Morgan fingerprint density at radius 1 is 1.28 bits per heavy atom. The van der Waals surface area contributed by atoms with Gasteiger partial charge < -0.3 is 19.1 Å². The summed E-state index contributed by atoms with van der Waals surface area (Å²) in [6.07, 6.45) is 5.77. The van der Waals surface area contributed by atoms with Crippen LogP contribution in [0.3, 0.4) is 0 Å². The van der Waals surface area contributed by atoms with Crippen LogP contribution in [0.2, 0.25) is 0 Å². The average Bonchev–Trinajstić information content (AvgIpc) is 2.73. The van der Waals surface area contributed by atoms with Gasteiger partial charge in [0.25, 0.3) is 0 Å². The van der Waals surface area contributed by atoms with Gasteiger partial charge in [-0.05, 0) is 0 Å². The number of hydrogen-bond donors (Lipinski definition) is 0. The summed E-state index contributed by atoms with van der Waals surface area (Å²) in [5.41, 5.74) is 0. The molecule has 5 nitrogen and oxygen atoms in total. The zero-order valence-electron chi connectivity index (χ0n) is 10.9. The van der Waals surface area contributed by atoms with E-state index >= 15 is 0 Å². The van der Waals surface area contributed by atoms with Crippen molar-refractivity contribution in [3.63, 3.8) is 0 Å². The van der Waals surface area contributed by atoms with Crippen molar-refractivity contribution in [2.45, 2.75) is 6.42 Å². The average molecular weight is 255 g/mol. The number of ether oxygens (including phenoxy) is 3. The molecule has 0 saturated carbocycles. The molecule has 1 saturated heterocycles. The maximum Gasteiger partial charge on any atom is 0.224 e. The lowest BCUT2D eigenvalue weighted by Gasteiger charge is -2.15. The Kier molecular flexibility index (Phi) is 7.42. The van der Waals surface area contributed by atoms with Gasteiger partial charge in [0.2, 0.25) is 5.91 Å². The second kappa shape index (κ2) is 8.92. The smallest absolute Gasteiger partial charge is 0.224 e. The zero-order valence-corrected chi connectivity index (χ0v) is 10.9. The molecule has 0 aliphatic carbocycles. The summed E-state index contributed by atoms with van der Waals surface area (Å²) in [6.45, 7) is 4.04. The molecule has 1 fully saturated rings. The highest BCUT2D eigenvalue weighted by atomic mass is 16.5. The topological polar surface area (TPSA) is 48.0 Å². The molecular weight excluding hydrogens is 234 g/mol. The normalized spacial score (nSPS) is 19.2. The Bertz CT molecular complexity index is 287. The standard InChI is InChI=1S/C13H21NO4/c1-3-12-10-13(15)14(11-12)4-5-17-8-9-18-7-6-16-2/h1,12H,4-11H2,2H3. The molecule has 1 heterocycles. The van der Waals surface area contributed by atoms with Gasteiger partial charge in [0.15, 0.2) is 0 Å². The van der Waals surface area contributed by atoms with Crippen molar-refractivity contribution in [2.75, 3.05) is 53.2 Å². The highest BCUT2D eigenvalue weighted by Gasteiger charge is 2.27. The van der Waals surface area contributed by atoms with Crippen LogP contribution in [0.5, 0.6) is 0 Å². The lowest BCUT2D eigenvalue weighted by atomic mass is 10.1. The molecule has 0 spiro atoms. The van der Waals surface area contributed by atoms with E-state index in [1.54, 1.807) is 12.0 Å². The largest absolute Gasteiger partial charge is 0.382 e. The Hall–Kier alpha value is -1.09. The Balaban J connectivity index is 1.95. The first kappa shape index (κ1) is 15.0. The fraction of sp³-hybridized carbons (Fsp3) is 0.769. The Labute approximate surface area is 108 Å². The van der Waals surface area contributed by atoms with Crippen LogP contribution >= 0.6 is 0 Å². The van der Waals surface area contributed by atoms with E-state index in [9.17, 15) is 4.79 Å². The molecule has 0 N–H and O–H groups in total. The molecule has 0 aromatic heterocycles.